The highest BCUT2D eigenvalue weighted by Crippen LogP contribution is 2.39. The topological polar surface area (TPSA) is 134 Å². The number of allylic oxidation sites excluding steroid dienone is 1. The Kier molecular flexibility index (Phi) is 5.43. The van der Waals surface area contributed by atoms with Crippen LogP contribution < -0.4 is 10.6 Å². The molecule has 0 aromatic heterocycles. The first kappa shape index (κ1) is 22.8. The van der Waals surface area contributed by atoms with Crippen LogP contribution in [0.15, 0.2) is 63.6 Å². The minimum Gasteiger partial charge on any atom is -0.462 e. The van der Waals surface area contributed by atoms with Gasteiger partial charge in [-0.3, -0.25) is 9.59 Å². The molecule has 2 N–H and O–H groups in total. The van der Waals surface area contributed by atoms with Gasteiger partial charge in [0.1, 0.15) is 16.3 Å². The molecule has 0 radical (unpaired) electrons. The molecular weight excluding hydrogens is 472 g/mol. The molecule has 11 heteroatoms. The van der Waals surface area contributed by atoms with Crippen LogP contribution in [0.4, 0.5) is 11.4 Å². The quantitative estimate of drug-likeness (QED) is 0.624. The first-order chi connectivity index (χ1) is 16.7. The number of amides is 2. The predicted molar refractivity (Wildman–Crippen MR) is 127 cm³/mol. The zero-order valence-corrected chi connectivity index (χ0v) is 19.8. The summed E-state index contributed by atoms with van der Waals surface area (Å²) in [4.78, 5) is 42.9. The van der Waals surface area contributed by atoms with Gasteiger partial charge >= 0.3 is 5.97 Å². The molecule has 0 spiro atoms. The monoisotopic (exact) mass is 494 g/mol. The Hall–Kier alpha value is -3.99. The summed E-state index contributed by atoms with van der Waals surface area (Å²) in [5.41, 5.74) is 1.64. The lowest BCUT2D eigenvalue weighted by atomic mass is 10.1. The number of benzene rings is 2. The van der Waals surface area contributed by atoms with Crippen molar-refractivity contribution in [1.82, 2.24) is 9.62 Å². The van der Waals surface area contributed by atoms with Crippen LogP contribution >= 0.6 is 0 Å². The van der Waals surface area contributed by atoms with Crippen molar-refractivity contribution in [2.45, 2.75) is 37.6 Å². The second-order valence-electron chi connectivity index (χ2n) is 8.33. The second-order valence-corrected chi connectivity index (χ2v) is 10.1. The van der Waals surface area contributed by atoms with Gasteiger partial charge in [0.2, 0.25) is 0 Å². The fourth-order valence-electron chi connectivity index (χ4n) is 4.08. The van der Waals surface area contributed by atoms with Gasteiger partial charge in [-0.2, -0.15) is 0 Å². The number of amidine groups is 1. The highest BCUT2D eigenvalue weighted by atomic mass is 32.2. The molecule has 5 rings (SSSR count). The lowest BCUT2D eigenvalue weighted by Gasteiger charge is -2.14. The molecule has 2 aromatic carbocycles. The molecule has 1 saturated carbocycles. The van der Waals surface area contributed by atoms with E-state index in [4.69, 9.17) is 4.74 Å². The largest absolute Gasteiger partial charge is 0.462 e. The van der Waals surface area contributed by atoms with Gasteiger partial charge in [0.25, 0.3) is 21.8 Å². The van der Waals surface area contributed by atoms with Crippen LogP contribution in [0.3, 0.4) is 0 Å². The van der Waals surface area contributed by atoms with E-state index in [1.54, 1.807) is 38.1 Å². The van der Waals surface area contributed by atoms with E-state index >= 15 is 0 Å². The molecule has 10 nitrogen and oxygen atoms in total. The number of para-hydroxylation sites is 2. The lowest BCUT2D eigenvalue weighted by molar-refractivity contribution is -0.137. The van der Waals surface area contributed by atoms with E-state index in [9.17, 15) is 22.8 Å². The van der Waals surface area contributed by atoms with E-state index in [0.29, 0.717) is 29.9 Å². The van der Waals surface area contributed by atoms with Crippen molar-refractivity contribution in [1.29, 1.82) is 0 Å². The SMILES string of the molecule is CCOC(=O)C1=C(C)Nc2ccccc2N=C1NC(=O)c1ccc2c(c1)S(=O)(=O)N(C1CC1)C2=O. The number of nitrogens with zero attached hydrogens (tertiary/aromatic N) is 2. The second kappa shape index (κ2) is 8.35. The third kappa shape index (κ3) is 3.87. The highest BCUT2D eigenvalue weighted by molar-refractivity contribution is 7.90. The van der Waals surface area contributed by atoms with E-state index in [1.807, 2.05) is 0 Å². The van der Waals surface area contributed by atoms with Crippen LogP contribution in [0.25, 0.3) is 0 Å². The predicted octanol–water partition coefficient (Wildman–Crippen LogP) is 2.72. The van der Waals surface area contributed by atoms with Gasteiger partial charge in [-0.1, -0.05) is 12.1 Å². The van der Waals surface area contributed by atoms with Crippen LogP contribution in [0.5, 0.6) is 0 Å². The molecule has 2 aromatic rings. The third-order valence-electron chi connectivity index (χ3n) is 5.87. The van der Waals surface area contributed by atoms with Crippen molar-refractivity contribution in [3.8, 4) is 0 Å². The lowest BCUT2D eigenvalue weighted by Crippen LogP contribution is -2.35. The van der Waals surface area contributed by atoms with Crippen LogP contribution in [-0.4, -0.2) is 49.0 Å². The zero-order valence-electron chi connectivity index (χ0n) is 19.0. The molecule has 35 heavy (non-hydrogen) atoms. The number of hydrogen-bond acceptors (Lipinski definition) is 8. The number of carbonyl (C=O) groups is 3. The summed E-state index contributed by atoms with van der Waals surface area (Å²) in [5.74, 6) is -1.98. The molecule has 0 atom stereocenters. The Bertz CT molecular complexity index is 1460. The van der Waals surface area contributed by atoms with E-state index < -0.39 is 27.8 Å². The molecule has 0 bridgehead atoms. The number of aliphatic imine (C=N–C) groups is 1. The maximum absolute atomic E-state index is 13.2. The number of ether oxygens (including phenoxy) is 1. The highest BCUT2D eigenvalue weighted by Gasteiger charge is 2.48. The van der Waals surface area contributed by atoms with Gasteiger partial charge in [0.05, 0.1) is 23.5 Å². The van der Waals surface area contributed by atoms with Crippen LogP contribution in [0, 0.1) is 0 Å². The number of carbonyl (C=O) groups excluding carboxylic acids is 3. The zero-order chi connectivity index (χ0) is 24.9. The summed E-state index contributed by atoms with van der Waals surface area (Å²) in [6, 6.07) is 10.6. The maximum atomic E-state index is 13.2. The minimum absolute atomic E-state index is 0.00632. The third-order valence-corrected chi connectivity index (χ3v) is 7.75. The van der Waals surface area contributed by atoms with E-state index in [0.717, 1.165) is 4.31 Å². The summed E-state index contributed by atoms with van der Waals surface area (Å²) in [5, 5.41) is 5.75. The van der Waals surface area contributed by atoms with E-state index in [1.165, 1.54) is 18.2 Å². The van der Waals surface area contributed by atoms with Crippen molar-refractivity contribution in [3.63, 3.8) is 0 Å². The van der Waals surface area contributed by atoms with Gasteiger partial charge in [0.15, 0.2) is 0 Å². The summed E-state index contributed by atoms with van der Waals surface area (Å²) in [6.45, 7) is 3.45. The van der Waals surface area contributed by atoms with E-state index in [2.05, 4.69) is 15.6 Å². The molecule has 180 valence electrons. The molecule has 1 aliphatic carbocycles. The maximum Gasteiger partial charge on any atom is 0.343 e. The van der Waals surface area contributed by atoms with Crippen molar-refractivity contribution in [2.24, 2.45) is 4.99 Å². The van der Waals surface area contributed by atoms with Gasteiger partial charge in [0, 0.05) is 17.3 Å². The fraction of sp³-hybridized carbons (Fsp3) is 0.250. The Balaban J connectivity index is 1.52. The van der Waals surface area contributed by atoms with Crippen LogP contribution in [0.2, 0.25) is 0 Å². The normalized spacial score (nSPS) is 18.2. The first-order valence-electron chi connectivity index (χ1n) is 11.1. The molecule has 0 saturated heterocycles. The number of nitrogens with one attached hydrogen (secondary N) is 2. The number of rotatable bonds is 4. The minimum atomic E-state index is -4.03. The average molecular weight is 495 g/mol. The number of sulfonamides is 1. The Labute approximate surface area is 201 Å². The molecule has 2 amide bonds. The standard InChI is InChI=1S/C24H22N4O6S/c1-3-34-24(31)20-13(2)25-17-6-4-5-7-18(17)26-21(20)27-22(29)14-8-11-16-19(12-14)35(32,33)28(23(16)30)15-9-10-15/h4-8,11-12,15,25H,3,9-10H2,1-2H3,(H,26,27,29). The number of esters is 1. The van der Waals surface area contributed by atoms with Crippen LogP contribution in [-0.2, 0) is 19.6 Å². The van der Waals surface area contributed by atoms with Gasteiger partial charge in [-0.15, -0.1) is 0 Å². The summed E-state index contributed by atoms with van der Waals surface area (Å²) in [6.07, 6.45) is 1.26. The number of fused-ring (bicyclic) bond motifs is 2. The molecular formula is C24H22N4O6S. The number of hydrogen-bond donors (Lipinski definition) is 2. The van der Waals surface area contributed by atoms with Gasteiger partial charge in [-0.05, 0) is 57.0 Å². The molecule has 1 fully saturated rings. The van der Waals surface area contributed by atoms with Crippen molar-refractivity contribution in [3.05, 3.63) is 64.9 Å². The molecule has 0 unspecified atom stereocenters. The first-order valence-corrected chi connectivity index (χ1v) is 12.5. The molecule has 2 heterocycles. The molecule has 2 aliphatic heterocycles. The van der Waals surface area contributed by atoms with E-state index in [-0.39, 0.29) is 40.1 Å². The van der Waals surface area contributed by atoms with Crippen molar-refractivity contribution >= 4 is 45.0 Å². The van der Waals surface area contributed by atoms with Crippen molar-refractivity contribution < 1.29 is 27.5 Å². The Morgan fingerprint density at radius 3 is 2.66 bits per heavy atom. The summed E-state index contributed by atoms with van der Waals surface area (Å²) in [7, 11) is -4.03. The molecule has 3 aliphatic rings. The van der Waals surface area contributed by atoms with Crippen LogP contribution in [0.1, 0.15) is 47.4 Å². The summed E-state index contributed by atoms with van der Waals surface area (Å²) >= 11 is 0. The number of anilines is 1. The van der Waals surface area contributed by atoms with Gasteiger partial charge < -0.3 is 15.4 Å². The van der Waals surface area contributed by atoms with Gasteiger partial charge in [-0.25, -0.2) is 22.5 Å². The summed E-state index contributed by atoms with van der Waals surface area (Å²) < 4.78 is 32.0. The fourth-order valence-corrected chi connectivity index (χ4v) is 5.92. The average Bonchev–Trinajstić information content (AvgIpc) is 3.63. The smallest absolute Gasteiger partial charge is 0.343 e. The van der Waals surface area contributed by atoms with Crippen molar-refractivity contribution in [2.75, 3.05) is 11.9 Å². The Morgan fingerprint density at radius 1 is 1.20 bits per heavy atom. The Morgan fingerprint density at radius 2 is 1.94 bits per heavy atom.